The Kier molecular flexibility index (Phi) is 6.62. The molecule has 1 saturated heterocycles. The number of hydrogen-bond donors (Lipinski definition) is 0. The minimum atomic E-state index is -0.724. The van der Waals surface area contributed by atoms with Crippen molar-refractivity contribution in [1.82, 2.24) is 9.88 Å². The number of aromatic nitrogens is 1. The van der Waals surface area contributed by atoms with Crippen molar-refractivity contribution in [3.05, 3.63) is 53.6 Å². The number of ether oxygens (including phenoxy) is 1. The lowest BCUT2D eigenvalue weighted by Crippen LogP contribution is -2.43. The number of rotatable bonds is 6. The van der Waals surface area contributed by atoms with E-state index in [0.717, 1.165) is 35.4 Å². The van der Waals surface area contributed by atoms with Crippen molar-refractivity contribution in [2.45, 2.75) is 4.90 Å². The Morgan fingerprint density at radius 3 is 2.80 bits per heavy atom. The fourth-order valence-corrected chi connectivity index (χ4v) is 5.00. The monoisotopic (exact) mass is 449 g/mol. The summed E-state index contributed by atoms with van der Waals surface area (Å²) in [5.41, 5.74) is 0.650. The van der Waals surface area contributed by atoms with Gasteiger partial charge in [0.1, 0.15) is 11.3 Å². The van der Waals surface area contributed by atoms with Crippen molar-refractivity contribution in [2.24, 2.45) is 0 Å². The van der Waals surface area contributed by atoms with Gasteiger partial charge in [-0.25, -0.2) is 13.8 Å². The summed E-state index contributed by atoms with van der Waals surface area (Å²) in [7, 11) is 0. The minimum absolute atomic E-state index is 0.0822. The molecule has 1 fully saturated rings. The van der Waals surface area contributed by atoms with Crippen LogP contribution in [0.3, 0.4) is 0 Å². The van der Waals surface area contributed by atoms with Crippen LogP contribution in [0.5, 0.6) is 0 Å². The van der Waals surface area contributed by atoms with Gasteiger partial charge >= 0.3 is 0 Å². The van der Waals surface area contributed by atoms with E-state index < -0.39 is 11.6 Å². The molecule has 30 heavy (non-hydrogen) atoms. The fraction of sp³-hybridized carbons (Fsp3) is 0.333. The molecule has 2 aromatic carbocycles. The molecule has 0 spiro atoms. The molecule has 0 bridgehead atoms. The SMILES string of the molecule is CSc1ccccc1C(=O)N(CCN1CCOCC1)c1nc2c(F)cc(F)cc2s1. The van der Waals surface area contributed by atoms with E-state index in [4.69, 9.17) is 4.74 Å². The molecule has 3 aromatic rings. The fourth-order valence-electron chi connectivity index (χ4n) is 3.38. The molecule has 5 nitrogen and oxygen atoms in total. The van der Waals surface area contributed by atoms with Crippen LogP contribution >= 0.6 is 23.1 Å². The smallest absolute Gasteiger partial charge is 0.261 e. The zero-order chi connectivity index (χ0) is 21.1. The Hall–Kier alpha value is -2.07. The van der Waals surface area contributed by atoms with E-state index >= 15 is 0 Å². The lowest BCUT2D eigenvalue weighted by Gasteiger charge is -2.29. The van der Waals surface area contributed by atoms with Gasteiger partial charge in [-0.3, -0.25) is 14.6 Å². The van der Waals surface area contributed by atoms with Gasteiger partial charge in [0, 0.05) is 37.1 Å². The molecule has 2 heterocycles. The quantitative estimate of drug-likeness (QED) is 0.526. The largest absolute Gasteiger partial charge is 0.379 e. The summed E-state index contributed by atoms with van der Waals surface area (Å²) in [6, 6.07) is 9.45. The minimum Gasteiger partial charge on any atom is -0.379 e. The van der Waals surface area contributed by atoms with Crippen LogP contribution in [0.25, 0.3) is 10.2 Å². The van der Waals surface area contributed by atoms with Crippen LogP contribution < -0.4 is 4.90 Å². The summed E-state index contributed by atoms with van der Waals surface area (Å²) in [4.78, 5) is 22.5. The first-order valence-electron chi connectivity index (χ1n) is 9.57. The summed E-state index contributed by atoms with van der Waals surface area (Å²) in [5, 5.41) is 0.365. The highest BCUT2D eigenvalue weighted by molar-refractivity contribution is 7.98. The highest BCUT2D eigenvalue weighted by atomic mass is 32.2. The van der Waals surface area contributed by atoms with Gasteiger partial charge in [-0.15, -0.1) is 11.8 Å². The van der Waals surface area contributed by atoms with Gasteiger partial charge in [0.25, 0.3) is 5.91 Å². The molecule has 1 aromatic heterocycles. The predicted octanol–water partition coefficient (Wildman–Crippen LogP) is 4.28. The number of carbonyl (C=O) groups excluding carboxylic acids is 1. The molecule has 1 amide bonds. The third kappa shape index (κ3) is 4.49. The molecule has 0 radical (unpaired) electrons. The third-order valence-electron chi connectivity index (χ3n) is 4.96. The number of morpholine rings is 1. The number of amides is 1. The highest BCUT2D eigenvalue weighted by Gasteiger charge is 2.25. The lowest BCUT2D eigenvalue weighted by atomic mass is 10.2. The number of thiazole rings is 1. The van der Waals surface area contributed by atoms with Gasteiger partial charge in [0.15, 0.2) is 10.9 Å². The van der Waals surface area contributed by atoms with E-state index in [9.17, 15) is 13.6 Å². The summed E-state index contributed by atoms with van der Waals surface area (Å²) >= 11 is 2.61. The number of benzene rings is 2. The molecule has 0 saturated carbocycles. The van der Waals surface area contributed by atoms with E-state index in [1.165, 1.54) is 17.8 Å². The Morgan fingerprint density at radius 1 is 1.27 bits per heavy atom. The maximum atomic E-state index is 14.2. The van der Waals surface area contributed by atoms with E-state index in [1.807, 2.05) is 24.5 Å². The molecule has 0 unspecified atom stereocenters. The predicted molar refractivity (Wildman–Crippen MR) is 117 cm³/mol. The molecule has 1 aliphatic rings. The van der Waals surface area contributed by atoms with E-state index in [1.54, 1.807) is 11.0 Å². The lowest BCUT2D eigenvalue weighted by molar-refractivity contribution is 0.0391. The van der Waals surface area contributed by atoms with Gasteiger partial charge in [-0.2, -0.15) is 0 Å². The van der Waals surface area contributed by atoms with Crippen molar-refractivity contribution < 1.29 is 18.3 Å². The van der Waals surface area contributed by atoms with Crippen LogP contribution in [0.4, 0.5) is 13.9 Å². The van der Waals surface area contributed by atoms with Gasteiger partial charge in [0.05, 0.1) is 23.5 Å². The van der Waals surface area contributed by atoms with Crippen LogP contribution in [-0.4, -0.2) is 61.4 Å². The molecule has 1 aliphatic heterocycles. The molecule has 0 aliphatic carbocycles. The summed E-state index contributed by atoms with van der Waals surface area (Å²) < 4.78 is 33.6. The first-order valence-corrected chi connectivity index (χ1v) is 11.6. The van der Waals surface area contributed by atoms with Crippen molar-refractivity contribution >= 4 is 44.4 Å². The second kappa shape index (κ2) is 9.38. The zero-order valence-electron chi connectivity index (χ0n) is 16.4. The maximum Gasteiger partial charge on any atom is 0.261 e. The molecular formula is C21H21F2N3O2S2. The van der Waals surface area contributed by atoms with Crippen LogP contribution in [-0.2, 0) is 4.74 Å². The van der Waals surface area contributed by atoms with Crippen LogP contribution in [0.15, 0.2) is 41.3 Å². The van der Waals surface area contributed by atoms with Crippen molar-refractivity contribution in [3.63, 3.8) is 0 Å². The second-order valence-electron chi connectivity index (χ2n) is 6.84. The number of anilines is 1. The van der Waals surface area contributed by atoms with Crippen LogP contribution in [0.2, 0.25) is 0 Å². The molecular weight excluding hydrogens is 428 g/mol. The number of hydrogen-bond acceptors (Lipinski definition) is 6. The van der Waals surface area contributed by atoms with Crippen molar-refractivity contribution in [3.8, 4) is 0 Å². The number of fused-ring (bicyclic) bond motifs is 1. The summed E-state index contributed by atoms with van der Waals surface area (Å²) in [6.07, 6.45) is 1.92. The summed E-state index contributed by atoms with van der Waals surface area (Å²) in [5.74, 6) is -1.58. The number of thioether (sulfide) groups is 1. The average Bonchev–Trinajstić information content (AvgIpc) is 3.18. The van der Waals surface area contributed by atoms with Crippen LogP contribution in [0, 0.1) is 11.6 Å². The topological polar surface area (TPSA) is 45.7 Å². The Morgan fingerprint density at radius 2 is 2.03 bits per heavy atom. The standard InChI is InChI=1S/C21H21F2N3O2S2/c1-29-17-5-3-2-4-15(17)20(27)26(7-6-25-8-10-28-11-9-25)21-24-19-16(23)12-14(22)13-18(19)30-21/h2-5,12-13H,6-11H2,1H3. The third-order valence-corrected chi connectivity index (χ3v) is 6.78. The highest BCUT2D eigenvalue weighted by Crippen LogP contribution is 2.33. The second-order valence-corrected chi connectivity index (χ2v) is 8.70. The van der Waals surface area contributed by atoms with Crippen LogP contribution in [0.1, 0.15) is 10.4 Å². The number of halogens is 2. The van der Waals surface area contributed by atoms with Gasteiger partial charge in [0.2, 0.25) is 0 Å². The maximum absolute atomic E-state index is 14.2. The Labute approximate surface area is 181 Å². The Bertz CT molecular complexity index is 1050. The zero-order valence-corrected chi connectivity index (χ0v) is 18.1. The number of carbonyl (C=O) groups is 1. The average molecular weight is 450 g/mol. The van der Waals surface area contributed by atoms with Gasteiger partial charge in [-0.1, -0.05) is 23.5 Å². The molecule has 9 heteroatoms. The molecule has 158 valence electrons. The van der Waals surface area contributed by atoms with E-state index in [0.29, 0.717) is 41.7 Å². The molecule has 0 N–H and O–H groups in total. The van der Waals surface area contributed by atoms with E-state index in [2.05, 4.69) is 9.88 Å². The van der Waals surface area contributed by atoms with Gasteiger partial charge < -0.3 is 4.74 Å². The normalized spacial score (nSPS) is 14.9. The Balaban J connectivity index is 1.69. The van der Waals surface area contributed by atoms with E-state index in [-0.39, 0.29) is 11.4 Å². The molecule has 4 rings (SSSR count). The number of nitrogens with zero attached hydrogens (tertiary/aromatic N) is 3. The van der Waals surface area contributed by atoms with Crippen molar-refractivity contribution in [2.75, 3.05) is 50.5 Å². The van der Waals surface area contributed by atoms with Crippen molar-refractivity contribution in [1.29, 1.82) is 0 Å². The first kappa shape index (κ1) is 21.2. The first-order chi connectivity index (χ1) is 14.6. The summed E-state index contributed by atoms with van der Waals surface area (Å²) in [6.45, 7) is 3.95. The molecule has 0 atom stereocenters. The van der Waals surface area contributed by atoms with Gasteiger partial charge in [-0.05, 0) is 24.5 Å².